The summed E-state index contributed by atoms with van der Waals surface area (Å²) in [5, 5.41) is 5.18. The molecule has 0 radical (unpaired) electrons. The molecule has 3 aromatic rings. The second-order valence-corrected chi connectivity index (χ2v) is 10.7. The van der Waals surface area contributed by atoms with Crippen LogP contribution in [0.15, 0.2) is 58.5 Å². The maximum absolute atomic E-state index is 12.7. The fourth-order valence-electron chi connectivity index (χ4n) is 3.46. The van der Waals surface area contributed by atoms with E-state index in [1.165, 1.54) is 28.6 Å². The molecule has 1 aromatic heterocycles. The van der Waals surface area contributed by atoms with Crippen LogP contribution in [0.1, 0.15) is 19.3 Å². The molecule has 0 spiro atoms. The SMILES string of the molecule is Cn1cc2ccc(NS(=O)(=O)c3ccc(S(=O)(=O)N4CCCCC4)cc3)cc2n1. The molecule has 2 aromatic carbocycles. The molecule has 0 bridgehead atoms. The van der Waals surface area contributed by atoms with Crippen molar-refractivity contribution in [1.82, 2.24) is 14.1 Å². The van der Waals surface area contributed by atoms with Gasteiger partial charge in [0.1, 0.15) is 0 Å². The lowest BCUT2D eigenvalue weighted by Crippen LogP contribution is -2.35. The maximum Gasteiger partial charge on any atom is 0.261 e. The minimum atomic E-state index is -3.86. The largest absolute Gasteiger partial charge is 0.280 e. The Kier molecular flexibility index (Phi) is 5.09. The number of nitrogens with one attached hydrogen (secondary N) is 1. The summed E-state index contributed by atoms with van der Waals surface area (Å²) in [4.78, 5) is 0.101. The summed E-state index contributed by atoms with van der Waals surface area (Å²) in [6.07, 6.45) is 4.56. The Hall–Kier alpha value is -2.43. The van der Waals surface area contributed by atoms with Gasteiger partial charge in [0.2, 0.25) is 10.0 Å². The molecule has 2 heterocycles. The van der Waals surface area contributed by atoms with E-state index in [1.807, 2.05) is 6.20 Å². The summed E-state index contributed by atoms with van der Waals surface area (Å²) in [7, 11) is -5.66. The Bertz CT molecular complexity index is 1240. The number of rotatable bonds is 5. The summed E-state index contributed by atoms with van der Waals surface area (Å²) in [6, 6.07) is 10.4. The highest BCUT2D eigenvalue weighted by Crippen LogP contribution is 2.24. The van der Waals surface area contributed by atoms with Crippen LogP contribution in [0.25, 0.3) is 10.9 Å². The zero-order valence-electron chi connectivity index (χ0n) is 15.9. The molecule has 0 aliphatic carbocycles. The first-order valence-electron chi connectivity index (χ1n) is 9.32. The normalized spacial score (nSPS) is 16.2. The minimum absolute atomic E-state index is 0.00351. The molecule has 0 atom stereocenters. The third-order valence-electron chi connectivity index (χ3n) is 4.96. The highest BCUT2D eigenvalue weighted by molar-refractivity contribution is 7.92. The predicted molar refractivity (Wildman–Crippen MR) is 111 cm³/mol. The van der Waals surface area contributed by atoms with Crippen LogP contribution in [0, 0.1) is 0 Å². The highest BCUT2D eigenvalue weighted by Gasteiger charge is 2.26. The van der Waals surface area contributed by atoms with E-state index in [9.17, 15) is 16.8 Å². The quantitative estimate of drug-likeness (QED) is 0.665. The van der Waals surface area contributed by atoms with E-state index in [2.05, 4.69) is 9.82 Å². The molecule has 1 N–H and O–H groups in total. The molecule has 0 amide bonds. The molecule has 4 rings (SSSR count). The summed E-state index contributed by atoms with van der Waals surface area (Å²) in [5.41, 5.74) is 1.07. The van der Waals surface area contributed by atoms with Gasteiger partial charge >= 0.3 is 0 Å². The Morgan fingerprint density at radius 1 is 0.897 bits per heavy atom. The van der Waals surface area contributed by atoms with Crippen molar-refractivity contribution in [2.75, 3.05) is 17.8 Å². The molecular formula is C19H22N4O4S2. The van der Waals surface area contributed by atoms with Crippen molar-refractivity contribution in [3.8, 4) is 0 Å². The van der Waals surface area contributed by atoms with Gasteiger partial charge in [-0.3, -0.25) is 9.40 Å². The van der Waals surface area contributed by atoms with E-state index >= 15 is 0 Å². The average Bonchev–Trinajstić information content (AvgIpc) is 3.08. The zero-order valence-corrected chi connectivity index (χ0v) is 17.6. The third kappa shape index (κ3) is 4.00. The van der Waals surface area contributed by atoms with E-state index < -0.39 is 20.0 Å². The number of benzene rings is 2. The van der Waals surface area contributed by atoms with Gasteiger partial charge in [-0.05, 0) is 55.3 Å². The van der Waals surface area contributed by atoms with Gasteiger partial charge in [-0.1, -0.05) is 6.42 Å². The first kappa shape index (κ1) is 19.9. The minimum Gasteiger partial charge on any atom is -0.280 e. The van der Waals surface area contributed by atoms with Crippen molar-refractivity contribution in [2.24, 2.45) is 7.05 Å². The first-order chi connectivity index (χ1) is 13.8. The van der Waals surface area contributed by atoms with Crippen LogP contribution in [0.4, 0.5) is 5.69 Å². The van der Waals surface area contributed by atoms with Gasteiger partial charge in [0, 0.05) is 31.7 Å². The standard InChI is InChI=1S/C19H22N4O4S2/c1-22-14-15-5-6-16(13-19(15)20-22)21-28(24,25)17-7-9-18(10-8-17)29(26,27)23-11-3-2-4-12-23/h5-10,13-14,21H,2-4,11-12H2,1H3. The Labute approximate surface area is 170 Å². The molecule has 10 heteroatoms. The van der Waals surface area contributed by atoms with Crippen molar-refractivity contribution in [3.63, 3.8) is 0 Å². The Morgan fingerprint density at radius 3 is 2.24 bits per heavy atom. The van der Waals surface area contributed by atoms with Crippen LogP contribution in [-0.2, 0) is 27.1 Å². The summed E-state index contributed by atoms with van der Waals surface area (Å²) < 4.78 is 56.5. The van der Waals surface area contributed by atoms with E-state index in [0.29, 0.717) is 24.3 Å². The van der Waals surface area contributed by atoms with Crippen LogP contribution >= 0.6 is 0 Å². The number of sulfonamides is 2. The number of aromatic nitrogens is 2. The Morgan fingerprint density at radius 2 is 1.55 bits per heavy atom. The van der Waals surface area contributed by atoms with E-state index in [-0.39, 0.29) is 9.79 Å². The van der Waals surface area contributed by atoms with E-state index in [4.69, 9.17) is 0 Å². The molecule has 29 heavy (non-hydrogen) atoms. The van der Waals surface area contributed by atoms with E-state index in [1.54, 1.807) is 29.9 Å². The fraction of sp³-hybridized carbons (Fsp3) is 0.316. The van der Waals surface area contributed by atoms with Crippen LogP contribution < -0.4 is 4.72 Å². The van der Waals surface area contributed by atoms with Crippen molar-refractivity contribution in [3.05, 3.63) is 48.7 Å². The molecule has 8 nitrogen and oxygen atoms in total. The summed E-state index contributed by atoms with van der Waals surface area (Å²) in [5.74, 6) is 0. The van der Waals surface area contributed by atoms with Gasteiger partial charge in [0.15, 0.2) is 0 Å². The molecule has 1 aliphatic rings. The molecule has 1 fully saturated rings. The summed E-state index contributed by atoms with van der Waals surface area (Å²) >= 11 is 0. The van der Waals surface area contributed by atoms with Gasteiger partial charge in [-0.25, -0.2) is 16.8 Å². The highest BCUT2D eigenvalue weighted by atomic mass is 32.2. The molecule has 0 unspecified atom stereocenters. The van der Waals surface area contributed by atoms with Crippen LogP contribution in [0.2, 0.25) is 0 Å². The maximum atomic E-state index is 12.7. The zero-order chi connectivity index (χ0) is 20.6. The number of piperidine rings is 1. The monoisotopic (exact) mass is 434 g/mol. The molecule has 0 saturated carbocycles. The Balaban J connectivity index is 1.56. The third-order valence-corrected chi connectivity index (χ3v) is 8.27. The topological polar surface area (TPSA) is 101 Å². The lowest BCUT2D eigenvalue weighted by atomic mass is 10.2. The van der Waals surface area contributed by atoms with Gasteiger partial charge in [0.05, 0.1) is 21.0 Å². The van der Waals surface area contributed by atoms with Crippen molar-refractivity contribution < 1.29 is 16.8 Å². The second kappa shape index (κ2) is 7.43. The van der Waals surface area contributed by atoms with Crippen LogP contribution in [-0.4, -0.2) is 44.0 Å². The molecule has 1 aliphatic heterocycles. The van der Waals surface area contributed by atoms with Gasteiger partial charge in [-0.2, -0.15) is 9.40 Å². The number of aryl methyl sites for hydroxylation is 1. The molecule has 1 saturated heterocycles. The number of nitrogens with zero attached hydrogens (tertiary/aromatic N) is 3. The molecular weight excluding hydrogens is 412 g/mol. The second-order valence-electron chi connectivity index (χ2n) is 7.12. The van der Waals surface area contributed by atoms with Gasteiger partial charge in [-0.15, -0.1) is 0 Å². The number of fused-ring (bicyclic) bond motifs is 1. The van der Waals surface area contributed by atoms with Gasteiger partial charge in [0.25, 0.3) is 10.0 Å². The lowest BCUT2D eigenvalue weighted by Gasteiger charge is -2.25. The van der Waals surface area contributed by atoms with Crippen molar-refractivity contribution in [1.29, 1.82) is 0 Å². The summed E-state index contributed by atoms with van der Waals surface area (Å²) in [6.45, 7) is 1.000. The first-order valence-corrected chi connectivity index (χ1v) is 12.2. The van der Waals surface area contributed by atoms with Gasteiger partial charge < -0.3 is 0 Å². The number of anilines is 1. The van der Waals surface area contributed by atoms with Crippen molar-refractivity contribution >= 4 is 36.6 Å². The number of hydrogen-bond donors (Lipinski definition) is 1. The molecule has 154 valence electrons. The van der Waals surface area contributed by atoms with Crippen LogP contribution in [0.3, 0.4) is 0 Å². The van der Waals surface area contributed by atoms with E-state index in [0.717, 1.165) is 24.6 Å². The number of hydrogen-bond acceptors (Lipinski definition) is 5. The predicted octanol–water partition coefficient (Wildman–Crippen LogP) is 2.55. The smallest absolute Gasteiger partial charge is 0.261 e. The fourth-order valence-corrected chi connectivity index (χ4v) is 6.03. The van der Waals surface area contributed by atoms with Crippen LogP contribution in [0.5, 0.6) is 0 Å². The van der Waals surface area contributed by atoms with Crippen molar-refractivity contribution in [2.45, 2.75) is 29.1 Å². The average molecular weight is 435 g/mol. The lowest BCUT2D eigenvalue weighted by molar-refractivity contribution is 0.346.